The quantitative estimate of drug-likeness (QED) is 0.613. The highest BCUT2D eigenvalue weighted by atomic mass is 16.5. The van der Waals surface area contributed by atoms with Gasteiger partial charge >= 0.3 is 12.0 Å². The predicted octanol–water partition coefficient (Wildman–Crippen LogP) is -0.674. The maximum atomic E-state index is 11.4. The van der Waals surface area contributed by atoms with E-state index in [1.54, 1.807) is 6.92 Å². The topological polar surface area (TPSA) is 78.9 Å². The van der Waals surface area contributed by atoms with Gasteiger partial charge in [0.15, 0.2) is 0 Å². The van der Waals surface area contributed by atoms with Gasteiger partial charge in [0.1, 0.15) is 6.54 Å². The van der Waals surface area contributed by atoms with Crippen molar-refractivity contribution in [1.29, 1.82) is 0 Å². The first-order valence-corrected chi connectivity index (χ1v) is 5.00. The van der Waals surface area contributed by atoms with Crippen LogP contribution in [0.5, 0.6) is 0 Å². The minimum Gasteiger partial charge on any atom is -0.465 e. The fourth-order valence-corrected chi connectivity index (χ4v) is 1.40. The zero-order chi connectivity index (χ0) is 11.3. The van der Waals surface area contributed by atoms with Gasteiger partial charge in [-0.25, -0.2) is 4.79 Å². The summed E-state index contributed by atoms with van der Waals surface area (Å²) < 4.78 is 4.65. The molecule has 1 aliphatic rings. The number of hydrogen-bond acceptors (Lipinski definition) is 4. The second kappa shape index (κ2) is 5.55. The molecule has 2 N–H and O–H groups in total. The molecule has 1 aliphatic heterocycles. The van der Waals surface area contributed by atoms with E-state index in [1.165, 1.54) is 4.90 Å². The smallest absolute Gasteiger partial charge is 0.325 e. The number of hydrogen-bond donors (Lipinski definition) is 2. The lowest BCUT2D eigenvalue weighted by molar-refractivity contribution is -0.141. The minimum absolute atomic E-state index is 0.126. The van der Waals surface area contributed by atoms with Crippen LogP contribution in [0.4, 0.5) is 4.79 Å². The molecule has 0 aromatic rings. The number of urea groups is 1. The van der Waals surface area contributed by atoms with Crippen molar-refractivity contribution in [2.75, 3.05) is 26.2 Å². The molecule has 2 amide bonds. The first-order valence-electron chi connectivity index (χ1n) is 5.00. The van der Waals surface area contributed by atoms with Crippen molar-refractivity contribution < 1.29 is 19.4 Å². The first-order chi connectivity index (χ1) is 7.13. The van der Waals surface area contributed by atoms with Gasteiger partial charge in [-0.05, 0) is 13.3 Å². The Bertz CT molecular complexity index is 244. The normalized spacial score (nSPS) is 20.1. The molecule has 0 radical (unpaired) electrons. The maximum Gasteiger partial charge on any atom is 0.325 e. The third-order valence-corrected chi connectivity index (χ3v) is 2.14. The average molecular weight is 216 g/mol. The molecule has 0 bridgehead atoms. The number of likely N-dealkylation sites (tertiary alicyclic amines) is 1. The van der Waals surface area contributed by atoms with E-state index >= 15 is 0 Å². The van der Waals surface area contributed by atoms with Gasteiger partial charge in [-0.3, -0.25) is 4.79 Å². The number of aliphatic hydroxyl groups excluding tert-OH is 1. The monoisotopic (exact) mass is 216 g/mol. The van der Waals surface area contributed by atoms with Crippen LogP contribution in [0, 0.1) is 0 Å². The number of carbonyl (C=O) groups is 2. The summed E-state index contributed by atoms with van der Waals surface area (Å²) in [6.45, 7) is 2.73. The molecule has 0 aromatic carbocycles. The van der Waals surface area contributed by atoms with Gasteiger partial charge in [-0.15, -0.1) is 0 Å². The number of ether oxygens (including phenoxy) is 1. The zero-order valence-corrected chi connectivity index (χ0v) is 8.73. The second-order valence-electron chi connectivity index (χ2n) is 3.35. The lowest BCUT2D eigenvalue weighted by Crippen LogP contribution is -2.41. The Hall–Kier alpha value is -1.30. The summed E-state index contributed by atoms with van der Waals surface area (Å²) in [5.74, 6) is -0.453. The molecule has 1 unspecified atom stereocenters. The highest BCUT2D eigenvalue weighted by molar-refractivity contribution is 5.81. The predicted molar refractivity (Wildman–Crippen MR) is 52.2 cm³/mol. The molecule has 0 aromatic heterocycles. The van der Waals surface area contributed by atoms with E-state index in [9.17, 15) is 14.7 Å². The van der Waals surface area contributed by atoms with E-state index in [-0.39, 0.29) is 12.6 Å². The highest BCUT2D eigenvalue weighted by Gasteiger charge is 2.24. The van der Waals surface area contributed by atoms with Gasteiger partial charge in [0.2, 0.25) is 0 Å². The van der Waals surface area contributed by atoms with Crippen molar-refractivity contribution in [3.63, 3.8) is 0 Å². The molecule has 0 spiro atoms. The van der Waals surface area contributed by atoms with Crippen LogP contribution in [-0.2, 0) is 9.53 Å². The average Bonchev–Trinajstić information content (AvgIpc) is 2.62. The van der Waals surface area contributed by atoms with Crippen molar-refractivity contribution in [3.05, 3.63) is 0 Å². The molecule has 6 heteroatoms. The highest BCUT2D eigenvalue weighted by Crippen LogP contribution is 2.07. The third kappa shape index (κ3) is 3.75. The van der Waals surface area contributed by atoms with Crippen molar-refractivity contribution >= 4 is 12.0 Å². The van der Waals surface area contributed by atoms with Crippen molar-refractivity contribution in [2.45, 2.75) is 19.4 Å². The van der Waals surface area contributed by atoms with Crippen LogP contribution in [-0.4, -0.2) is 54.4 Å². The van der Waals surface area contributed by atoms with Crippen LogP contribution < -0.4 is 5.32 Å². The number of nitrogens with one attached hydrogen (secondary N) is 1. The summed E-state index contributed by atoms with van der Waals surface area (Å²) in [6, 6.07) is -0.334. The molecular formula is C9H16N2O4. The number of aliphatic hydroxyl groups is 1. The molecule has 6 nitrogen and oxygen atoms in total. The van der Waals surface area contributed by atoms with Gasteiger partial charge in [0.25, 0.3) is 0 Å². The summed E-state index contributed by atoms with van der Waals surface area (Å²) in [4.78, 5) is 23.8. The van der Waals surface area contributed by atoms with Gasteiger partial charge in [0, 0.05) is 13.1 Å². The van der Waals surface area contributed by atoms with Crippen LogP contribution in [0.15, 0.2) is 0 Å². The third-order valence-electron chi connectivity index (χ3n) is 2.14. The summed E-state index contributed by atoms with van der Waals surface area (Å²) in [5, 5.41) is 11.6. The van der Waals surface area contributed by atoms with Gasteiger partial charge in [-0.1, -0.05) is 0 Å². The first kappa shape index (κ1) is 11.8. The fourth-order valence-electron chi connectivity index (χ4n) is 1.40. The van der Waals surface area contributed by atoms with E-state index in [0.717, 1.165) is 0 Å². The Balaban J connectivity index is 2.21. The molecule has 1 fully saturated rings. The van der Waals surface area contributed by atoms with E-state index in [1.807, 2.05) is 0 Å². The van der Waals surface area contributed by atoms with Crippen LogP contribution in [0.25, 0.3) is 0 Å². The Morgan fingerprint density at radius 3 is 2.87 bits per heavy atom. The summed E-state index contributed by atoms with van der Waals surface area (Å²) >= 11 is 0. The van der Waals surface area contributed by atoms with Crippen molar-refractivity contribution in [3.8, 4) is 0 Å². The van der Waals surface area contributed by atoms with Crippen molar-refractivity contribution in [1.82, 2.24) is 10.2 Å². The lowest BCUT2D eigenvalue weighted by Gasteiger charge is -2.15. The minimum atomic E-state index is -0.453. The second-order valence-corrected chi connectivity index (χ2v) is 3.35. The number of nitrogens with zero attached hydrogens (tertiary/aromatic N) is 1. The molecule has 0 aliphatic carbocycles. The molecule has 1 rings (SSSR count). The summed E-state index contributed by atoms with van der Waals surface area (Å²) in [5.41, 5.74) is 0. The van der Waals surface area contributed by atoms with Gasteiger partial charge in [0.05, 0.1) is 12.7 Å². The molecule has 1 saturated heterocycles. The van der Waals surface area contributed by atoms with E-state index in [4.69, 9.17) is 0 Å². The Labute approximate surface area is 88.2 Å². The molecule has 1 atom stereocenters. The number of carbonyl (C=O) groups excluding carboxylic acids is 2. The van der Waals surface area contributed by atoms with Crippen LogP contribution >= 0.6 is 0 Å². The number of β-amino-alcohol motifs (C(OH)–C–C–N with tert-alkyl or cyclic N) is 1. The number of esters is 1. The van der Waals surface area contributed by atoms with E-state index < -0.39 is 12.1 Å². The molecule has 1 heterocycles. The van der Waals surface area contributed by atoms with Crippen LogP contribution in [0.2, 0.25) is 0 Å². The molecule has 0 saturated carbocycles. The zero-order valence-electron chi connectivity index (χ0n) is 8.73. The molecule has 15 heavy (non-hydrogen) atoms. The summed E-state index contributed by atoms with van der Waals surface area (Å²) in [6.07, 6.45) is 0.144. The maximum absolute atomic E-state index is 11.4. The Morgan fingerprint density at radius 1 is 1.60 bits per heavy atom. The summed E-state index contributed by atoms with van der Waals surface area (Å²) in [7, 11) is 0. The van der Waals surface area contributed by atoms with E-state index in [0.29, 0.717) is 26.1 Å². The van der Waals surface area contributed by atoms with Crippen molar-refractivity contribution in [2.24, 2.45) is 0 Å². The Morgan fingerprint density at radius 2 is 2.33 bits per heavy atom. The lowest BCUT2D eigenvalue weighted by atomic mass is 10.3. The fraction of sp³-hybridized carbons (Fsp3) is 0.778. The van der Waals surface area contributed by atoms with Gasteiger partial charge in [-0.2, -0.15) is 0 Å². The molecular weight excluding hydrogens is 200 g/mol. The number of amides is 2. The van der Waals surface area contributed by atoms with Crippen LogP contribution in [0.1, 0.15) is 13.3 Å². The SMILES string of the molecule is CCOC(=O)CNC(=O)N1CCC(O)C1. The largest absolute Gasteiger partial charge is 0.465 e. The number of rotatable bonds is 3. The van der Waals surface area contributed by atoms with Crippen LogP contribution in [0.3, 0.4) is 0 Å². The van der Waals surface area contributed by atoms with E-state index in [2.05, 4.69) is 10.1 Å². The Kier molecular flexibility index (Phi) is 4.36. The van der Waals surface area contributed by atoms with Gasteiger partial charge < -0.3 is 20.1 Å². The standard InChI is InChI=1S/C9H16N2O4/c1-2-15-8(13)5-10-9(14)11-4-3-7(12)6-11/h7,12H,2-6H2,1H3,(H,10,14). The molecule has 86 valence electrons.